The molecule has 1 heterocycles. The van der Waals surface area contributed by atoms with Gasteiger partial charge in [-0.25, -0.2) is 0 Å². The van der Waals surface area contributed by atoms with Crippen molar-refractivity contribution in [1.82, 2.24) is 4.98 Å². The first-order valence-corrected chi connectivity index (χ1v) is 13.9. The van der Waals surface area contributed by atoms with E-state index in [1.807, 2.05) is 12.4 Å². The van der Waals surface area contributed by atoms with Crippen LogP contribution in [0.5, 0.6) is 0 Å². The first-order valence-electron chi connectivity index (χ1n) is 13.9. The first-order chi connectivity index (χ1) is 16.2. The number of fused-ring (bicyclic) bond motifs is 6. The van der Waals surface area contributed by atoms with Crippen LogP contribution in [0.1, 0.15) is 91.5 Å². The summed E-state index contributed by atoms with van der Waals surface area (Å²) in [5.74, 6) is 3.45. The molecule has 0 amide bonds. The van der Waals surface area contributed by atoms with Crippen LogP contribution < -0.4 is 0 Å². The van der Waals surface area contributed by atoms with Crippen LogP contribution in [-0.4, -0.2) is 16.7 Å². The number of aromatic nitrogens is 1. The molecular weight excluding hydrogens is 414 g/mol. The van der Waals surface area contributed by atoms with Crippen molar-refractivity contribution in [3.63, 3.8) is 0 Å². The van der Waals surface area contributed by atoms with E-state index in [1.54, 1.807) is 5.57 Å². The molecule has 3 saturated carbocycles. The maximum atomic E-state index is 6.48. The highest BCUT2D eigenvalue weighted by Gasteiger charge is 2.58. The number of ether oxygens (including phenoxy) is 1. The van der Waals surface area contributed by atoms with Crippen molar-refractivity contribution in [3.8, 4) is 0 Å². The van der Waals surface area contributed by atoms with Crippen LogP contribution in [0, 0.1) is 34.5 Å². The zero-order chi connectivity index (χ0) is 23.7. The van der Waals surface area contributed by atoms with E-state index in [0.29, 0.717) is 16.9 Å². The predicted molar refractivity (Wildman–Crippen MR) is 141 cm³/mol. The Morgan fingerprint density at radius 2 is 1.79 bits per heavy atom. The molecule has 2 aromatic rings. The lowest BCUT2D eigenvalue weighted by atomic mass is 9.44. The first kappa shape index (κ1) is 22.8. The molecule has 6 rings (SSSR count). The molecule has 2 nitrogen and oxygen atoms in total. The Morgan fingerprint density at radius 3 is 2.62 bits per heavy atom. The molecule has 1 aromatic heterocycles. The summed E-state index contributed by atoms with van der Waals surface area (Å²) in [5.41, 5.74) is 3.90. The summed E-state index contributed by atoms with van der Waals surface area (Å²) in [6.07, 6.45) is 17.8. The molecule has 0 unspecified atom stereocenters. The van der Waals surface area contributed by atoms with E-state index in [-0.39, 0.29) is 5.60 Å². The Kier molecular flexibility index (Phi) is 5.30. The van der Waals surface area contributed by atoms with Crippen molar-refractivity contribution in [3.05, 3.63) is 48.3 Å². The summed E-state index contributed by atoms with van der Waals surface area (Å²) in [5, 5.41) is 2.56. The smallest absolute Gasteiger partial charge is 0.0602 e. The van der Waals surface area contributed by atoms with Crippen molar-refractivity contribution in [2.45, 2.75) is 97.7 Å². The monoisotopic (exact) mass is 457 g/mol. The van der Waals surface area contributed by atoms with E-state index >= 15 is 0 Å². The summed E-state index contributed by atoms with van der Waals surface area (Å²) in [6, 6.07) is 9.19. The van der Waals surface area contributed by atoms with Gasteiger partial charge in [-0.1, -0.05) is 32.1 Å². The lowest BCUT2D eigenvalue weighted by Gasteiger charge is -2.61. The highest BCUT2D eigenvalue weighted by atomic mass is 16.5. The normalized spacial score (nSPS) is 39.8. The van der Waals surface area contributed by atoms with Gasteiger partial charge >= 0.3 is 0 Å². The second-order valence-corrected chi connectivity index (χ2v) is 13.5. The fourth-order valence-corrected chi connectivity index (χ4v) is 9.09. The number of allylic oxidation sites excluding steroid dienone is 2. The maximum absolute atomic E-state index is 6.48. The van der Waals surface area contributed by atoms with E-state index in [4.69, 9.17) is 4.74 Å². The minimum Gasteiger partial charge on any atom is -0.373 e. The van der Waals surface area contributed by atoms with Crippen LogP contribution in [0.4, 0.5) is 0 Å². The van der Waals surface area contributed by atoms with Gasteiger partial charge in [0.2, 0.25) is 0 Å². The van der Waals surface area contributed by atoms with E-state index in [0.717, 1.165) is 23.7 Å². The minimum atomic E-state index is -0.0204. The van der Waals surface area contributed by atoms with E-state index in [9.17, 15) is 0 Å². The molecule has 7 atom stereocenters. The molecule has 0 bridgehead atoms. The highest BCUT2D eigenvalue weighted by Crippen LogP contribution is 2.67. The number of rotatable bonds is 2. The fraction of sp³-hybridized carbons (Fsp3) is 0.656. The fourth-order valence-electron chi connectivity index (χ4n) is 9.09. The number of pyridine rings is 1. The van der Waals surface area contributed by atoms with Crippen LogP contribution in [0.25, 0.3) is 16.3 Å². The van der Waals surface area contributed by atoms with Crippen LogP contribution in [0.3, 0.4) is 0 Å². The number of hydrogen-bond acceptors (Lipinski definition) is 2. The molecule has 0 N–H and O–H groups in total. The molecule has 182 valence electrons. The maximum Gasteiger partial charge on any atom is 0.0602 e. The molecule has 34 heavy (non-hydrogen) atoms. The molecule has 0 aliphatic heterocycles. The van der Waals surface area contributed by atoms with Crippen LogP contribution in [-0.2, 0) is 4.74 Å². The SMILES string of the molecule is CC(C)(C)O[C@H]1CC[C@@]2(C)[C@@H](CC[C@@H]3[C@@H]2CC[C@]2(C)C(c4ccc5cnccc5c4)=CC[C@@H]32)C1. The number of hydrogen-bond donors (Lipinski definition) is 0. The molecule has 0 radical (unpaired) electrons. The zero-order valence-corrected chi connectivity index (χ0v) is 21.9. The van der Waals surface area contributed by atoms with Gasteiger partial charge in [0, 0.05) is 17.8 Å². The van der Waals surface area contributed by atoms with Crippen molar-refractivity contribution >= 4 is 16.3 Å². The molecule has 1 aromatic carbocycles. The van der Waals surface area contributed by atoms with E-state index < -0.39 is 0 Å². The van der Waals surface area contributed by atoms with Crippen molar-refractivity contribution < 1.29 is 4.74 Å². The van der Waals surface area contributed by atoms with Gasteiger partial charge in [-0.05, 0) is 135 Å². The Bertz CT molecular complexity index is 1110. The van der Waals surface area contributed by atoms with Gasteiger partial charge in [-0.2, -0.15) is 0 Å². The summed E-state index contributed by atoms with van der Waals surface area (Å²) in [4.78, 5) is 4.30. The molecule has 4 aliphatic carbocycles. The van der Waals surface area contributed by atoms with Crippen molar-refractivity contribution in [2.75, 3.05) is 0 Å². The van der Waals surface area contributed by atoms with Gasteiger partial charge in [0.1, 0.15) is 0 Å². The zero-order valence-electron chi connectivity index (χ0n) is 21.9. The average Bonchev–Trinajstić information content (AvgIpc) is 3.15. The quantitative estimate of drug-likeness (QED) is 0.451. The highest BCUT2D eigenvalue weighted by molar-refractivity contribution is 5.86. The molecule has 4 aliphatic rings. The summed E-state index contributed by atoms with van der Waals surface area (Å²) >= 11 is 0. The average molecular weight is 458 g/mol. The Hall–Kier alpha value is -1.67. The van der Waals surface area contributed by atoms with Gasteiger partial charge in [-0.15, -0.1) is 0 Å². The summed E-state index contributed by atoms with van der Waals surface area (Å²) < 4.78 is 6.48. The van der Waals surface area contributed by atoms with Gasteiger partial charge in [0.15, 0.2) is 0 Å². The lowest BCUT2D eigenvalue weighted by molar-refractivity contribution is -0.148. The van der Waals surface area contributed by atoms with E-state index in [2.05, 4.69) is 69.9 Å². The Morgan fingerprint density at radius 1 is 0.941 bits per heavy atom. The van der Waals surface area contributed by atoms with Crippen molar-refractivity contribution in [2.24, 2.45) is 34.5 Å². The third kappa shape index (κ3) is 3.58. The van der Waals surface area contributed by atoms with Gasteiger partial charge in [0.25, 0.3) is 0 Å². The van der Waals surface area contributed by atoms with Gasteiger partial charge in [-0.3, -0.25) is 4.98 Å². The van der Waals surface area contributed by atoms with Crippen LogP contribution in [0.2, 0.25) is 0 Å². The second kappa shape index (κ2) is 7.92. The number of benzene rings is 1. The van der Waals surface area contributed by atoms with Crippen LogP contribution >= 0.6 is 0 Å². The minimum absolute atomic E-state index is 0.0204. The second-order valence-electron chi connectivity index (χ2n) is 13.5. The Balaban J connectivity index is 1.23. The molecular formula is C32H43NO. The topological polar surface area (TPSA) is 22.1 Å². The largest absolute Gasteiger partial charge is 0.373 e. The molecule has 3 fully saturated rings. The standard InChI is InChI=1S/C32H43NO/c1-30(2,3)34-25-12-15-31(4)24(19-25)8-9-26-28-11-10-27(32(28,5)16-13-29(26)31)22-6-7-23-20-33-17-14-21(23)18-22/h6-7,10,14,17-18,20,24-26,28-29H,8-9,11-13,15-16,19H2,1-5H3/t24-,25-,26-,28-,29-,31-,32+/m0/s1. The molecule has 0 saturated heterocycles. The van der Waals surface area contributed by atoms with Gasteiger partial charge in [0.05, 0.1) is 11.7 Å². The Labute approximate surface area is 206 Å². The van der Waals surface area contributed by atoms with E-state index in [1.165, 1.54) is 67.7 Å². The third-order valence-electron chi connectivity index (χ3n) is 10.7. The van der Waals surface area contributed by atoms with Gasteiger partial charge < -0.3 is 4.74 Å². The molecule has 0 spiro atoms. The summed E-state index contributed by atoms with van der Waals surface area (Å²) in [6.45, 7) is 11.9. The van der Waals surface area contributed by atoms with Crippen molar-refractivity contribution in [1.29, 1.82) is 0 Å². The predicted octanol–water partition coefficient (Wildman–Crippen LogP) is 8.45. The van der Waals surface area contributed by atoms with Crippen LogP contribution in [0.15, 0.2) is 42.7 Å². The summed E-state index contributed by atoms with van der Waals surface area (Å²) in [7, 11) is 0. The number of nitrogens with zero attached hydrogens (tertiary/aromatic N) is 1. The third-order valence-corrected chi connectivity index (χ3v) is 10.7. The lowest BCUT2D eigenvalue weighted by Crippen LogP contribution is -2.54. The molecule has 2 heteroatoms.